The van der Waals surface area contributed by atoms with Crippen LogP contribution in [-0.2, 0) is 4.74 Å². The minimum Gasteiger partial charge on any atom is -0.464 e. The van der Waals surface area contributed by atoms with Gasteiger partial charge in [-0.15, -0.1) is 0 Å². The molecule has 35 valence electrons. The molecular weight excluding hydrogens is 98.1 g/mol. The van der Waals surface area contributed by atoms with Crippen molar-refractivity contribution in [2.45, 2.75) is 6.92 Å². The summed E-state index contributed by atoms with van der Waals surface area (Å²) in [6.07, 6.45) is 0. The Hall–Kier alpha value is -0.310. The van der Waals surface area contributed by atoms with E-state index < -0.39 is 0 Å². The zero-order valence-electron chi connectivity index (χ0n) is 3.47. The Bertz CT molecular complexity index is 54.8. The molecule has 0 heterocycles. The van der Waals surface area contributed by atoms with Crippen LogP contribution in [0, 0.1) is 6.61 Å². The highest BCUT2D eigenvalue weighted by Gasteiger charge is 1.77. The molecule has 0 unspecified atom stereocenters. The van der Waals surface area contributed by atoms with E-state index in [2.05, 4.69) is 17.0 Å². The van der Waals surface area contributed by atoms with Crippen LogP contribution in [0.25, 0.3) is 0 Å². The molecule has 0 fully saturated rings. The van der Waals surface area contributed by atoms with Gasteiger partial charge in [-0.1, -0.05) is 0 Å². The Labute approximate surface area is 42.3 Å². The SMILES string of the molecule is C[CH]OC(N)=S. The van der Waals surface area contributed by atoms with Crippen molar-refractivity contribution in [3.8, 4) is 0 Å². The highest BCUT2D eigenvalue weighted by Crippen LogP contribution is 1.74. The van der Waals surface area contributed by atoms with Crippen molar-refractivity contribution >= 4 is 17.4 Å². The molecule has 0 aliphatic carbocycles. The third-order valence-corrected chi connectivity index (χ3v) is 0.330. The van der Waals surface area contributed by atoms with Gasteiger partial charge in [0.15, 0.2) is 0 Å². The van der Waals surface area contributed by atoms with Crippen LogP contribution in [0.1, 0.15) is 6.92 Å². The summed E-state index contributed by atoms with van der Waals surface area (Å²) < 4.78 is 4.43. The molecule has 0 aromatic rings. The molecule has 0 amide bonds. The first-order valence-corrected chi connectivity index (χ1v) is 1.92. The highest BCUT2D eigenvalue weighted by atomic mass is 32.1. The van der Waals surface area contributed by atoms with Gasteiger partial charge in [-0.2, -0.15) is 0 Å². The zero-order valence-corrected chi connectivity index (χ0v) is 4.29. The number of nitrogens with two attached hydrogens (primary N) is 1. The quantitative estimate of drug-likeness (QED) is 0.490. The smallest absolute Gasteiger partial charge is 0.254 e. The molecule has 2 nitrogen and oxygen atoms in total. The van der Waals surface area contributed by atoms with Gasteiger partial charge in [-0.25, -0.2) is 0 Å². The van der Waals surface area contributed by atoms with Crippen LogP contribution in [0.5, 0.6) is 0 Å². The molecule has 0 aromatic heterocycles. The first-order valence-electron chi connectivity index (χ1n) is 1.51. The van der Waals surface area contributed by atoms with Gasteiger partial charge in [-0.05, 0) is 19.1 Å². The summed E-state index contributed by atoms with van der Waals surface area (Å²) in [7, 11) is 0. The summed E-state index contributed by atoms with van der Waals surface area (Å²) in [6, 6.07) is 0. The van der Waals surface area contributed by atoms with Gasteiger partial charge in [-0.3, -0.25) is 0 Å². The lowest BCUT2D eigenvalue weighted by atomic mass is 10.9. The van der Waals surface area contributed by atoms with Crippen molar-refractivity contribution < 1.29 is 4.74 Å². The Morgan fingerprint density at radius 3 is 2.50 bits per heavy atom. The van der Waals surface area contributed by atoms with Crippen LogP contribution in [0.3, 0.4) is 0 Å². The van der Waals surface area contributed by atoms with Crippen molar-refractivity contribution in [1.29, 1.82) is 0 Å². The third-order valence-electron chi connectivity index (χ3n) is 0.234. The second kappa shape index (κ2) is 2.90. The maximum Gasteiger partial charge on any atom is 0.254 e. The van der Waals surface area contributed by atoms with Crippen molar-refractivity contribution in [1.82, 2.24) is 0 Å². The van der Waals surface area contributed by atoms with Crippen molar-refractivity contribution in [3.63, 3.8) is 0 Å². The van der Waals surface area contributed by atoms with Crippen molar-refractivity contribution in [2.24, 2.45) is 5.73 Å². The Morgan fingerprint density at radius 1 is 2.00 bits per heavy atom. The van der Waals surface area contributed by atoms with Crippen LogP contribution in [0.2, 0.25) is 0 Å². The third kappa shape index (κ3) is 3.69. The van der Waals surface area contributed by atoms with Gasteiger partial charge in [0.1, 0.15) is 6.61 Å². The summed E-state index contributed by atoms with van der Waals surface area (Å²) in [5, 5.41) is 0.0671. The predicted molar refractivity (Wildman–Crippen MR) is 27.8 cm³/mol. The van der Waals surface area contributed by atoms with Gasteiger partial charge in [0.2, 0.25) is 0 Å². The lowest BCUT2D eigenvalue weighted by Crippen LogP contribution is -2.09. The van der Waals surface area contributed by atoms with E-state index in [4.69, 9.17) is 5.73 Å². The predicted octanol–water partition coefficient (Wildman–Crippen LogP) is 0.428. The molecule has 0 aliphatic rings. The van der Waals surface area contributed by atoms with E-state index >= 15 is 0 Å². The molecule has 0 rings (SSSR count). The van der Waals surface area contributed by atoms with Crippen LogP contribution >= 0.6 is 12.2 Å². The molecule has 0 aliphatic heterocycles. The Morgan fingerprint density at radius 2 is 2.50 bits per heavy atom. The molecule has 2 N–H and O–H groups in total. The largest absolute Gasteiger partial charge is 0.464 e. The van der Waals surface area contributed by atoms with Crippen LogP contribution < -0.4 is 5.73 Å². The first kappa shape index (κ1) is 5.69. The maximum absolute atomic E-state index is 4.88. The summed E-state index contributed by atoms with van der Waals surface area (Å²) in [5.74, 6) is 0. The van der Waals surface area contributed by atoms with Crippen LogP contribution in [0.4, 0.5) is 0 Å². The lowest BCUT2D eigenvalue weighted by molar-refractivity contribution is 0.410. The van der Waals surface area contributed by atoms with E-state index in [1.165, 1.54) is 6.61 Å². The Balaban J connectivity index is 2.83. The summed E-state index contributed by atoms with van der Waals surface area (Å²) in [6.45, 7) is 3.14. The van der Waals surface area contributed by atoms with Crippen LogP contribution in [-0.4, -0.2) is 5.17 Å². The summed E-state index contributed by atoms with van der Waals surface area (Å²) in [4.78, 5) is 0. The first-order chi connectivity index (χ1) is 2.77. The molecule has 0 saturated heterocycles. The average Bonchev–Trinajstić information content (AvgIpc) is 1.35. The van der Waals surface area contributed by atoms with E-state index in [0.29, 0.717) is 0 Å². The standard InChI is InChI=1S/C3H6NOS/c1-2-5-3(4)6/h2H,1H3,(H2,4,6). The van der Waals surface area contributed by atoms with E-state index in [1.54, 1.807) is 6.92 Å². The van der Waals surface area contributed by atoms with E-state index in [1.807, 2.05) is 0 Å². The van der Waals surface area contributed by atoms with E-state index in [9.17, 15) is 0 Å². The fraction of sp³-hybridized carbons (Fsp3) is 0.333. The molecule has 0 saturated carbocycles. The number of hydrogen-bond donors (Lipinski definition) is 1. The fourth-order valence-electron chi connectivity index (χ4n) is 0.116. The second-order valence-electron chi connectivity index (χ2n) is 0.673. The van der Waals surface area contributed by atoms with E-state index in [0.717, 1.165) is 0 Å². The van der Waals surface area contributed by atoms with Gasteiger partial charge in [0.05, 0.1) is 0 Å². The van der Waals surface area contributed by atoms with Gasteiger partial charge >= 0.3 is 0 Å². The molecule has 0 aromatic carbocycles. The number of hydrogen-bond acceptors (Lipinski definition) is 2. The molecule has 3 heteroatoms. The number of thiocarbonyl (C=S) groups is 1. The minimum atomic E-state index is 0.0671. The maximum atomic E-state index is 4.88. The summed E-state index contributed by atoms with van der Waals surface area (Å²) >= 11 is 4.32. The second-order valence-corrected chi connectivity index (χ2v) is 1.07. The van der Waals surface area contributed by atoms with Gasteiger partial charge in [0, 0.05) is 0 Å². The normalized spacial score (nSPS) is 7.50. The average molecular weight is 104 g/mol. The lowest BCUT2D eigenvalue weighted by Gasteiger charge is -1.91. The molecule has 1 radical (unpaired) electrons. The fourth-order valence-corrected chi connectivity index (χ4v) is 0.212. The highest BCUT2D eigenvalue weighted by molar-refractivity contribution is 7.80. The molecule has 0 spiro atoms. The summed E-state index contributed by atoms with van der Waals surface area (Å²) in [5.41, 5.74) is 4.88. The van der Waals surface area contributed by atoms with Crippen molar-refractivity contribution in [2.75, 3.05) is 0 Å². The molecule has 0 bridgehead atoms. The Kier molecular flexibility index (Phi) is 2.75. The van der Waals surface area contributed by atoms with Crippen LogP contribution in [0.15, 0.2) is 0 Å². The van der Waals surface area contributed by atoms with Crippen molar-refractivity contribution in [3.05, 3.63) is 6.61 Å². The monoisotopic (exact) mass is 104 g/mol. The zero-order chi connectivity index (χ0) is 4.99. The minimum absolute atomic E-state index is 0.0671. The van der Waals surface area contributed by atoms with E-state index in [-0.39, 0.29) is 5.17 Å². The molecular formula is C3H6NOS. The molecule has 0 atom stereocenters. The van der Waals surface area contributed by atoms with Gasteiger partial charge < -0.3 is 10.5 Å². The number of ether oxygens (including phenoxy) is 1. The topological polar surface area (TPSA) is 35.2 Å². The number of rotatable bonds is 1. The molecule has 6 heavy (non-hydrogen) atoms. The van der Waals surface area contributed by atoms with Gasteiger partial charge in [0.25, 0.3) is 5.17 Å².